The van der Waals surface area contributed by atoms with Crippen LogP contribution in [0.3, 0.4) is 0 Å². The number of rotatable bonds is 4. The molecule has 5 rings (SSSR count). The summed E-state index contributed by atoms with van der Waals surface area (Å²) < 4.78 is 1.78. The second kappa shape index (κ2) is 8.63. The Morgan fingerprint density at radius 3 is 2.48 bits per heavy atom. The molecule has 2 aromatic heterocycles. The van der Waals surface area contributed by atoms with Gasteiger partial charge in [0.1, 0.15) is 0 Å². The molecule has 2 aromatic carbocycles. The van der Waals surface area contributed by atoms with Crippen molar-refractivity contribution in [2.75, 3.05) is 31.1 Å². The zero-order valence-corrected chi connectivity index (χ0v) is 18.8. The van der Waals surface area contributed by atoms with Gasteiger partial charge in [0.05, 0.1) is 15.7 Å². The third-order valence-corrected chi connectivity index (χ3v) is 6.37. The first kappa shape index (κ1) is 20.5. The van der Waals surface area contributed by atoms with Crippen LogP contribution in [0.2, 0.25) is 15.1 Å². The largest absolute Gasteiger partial charge is 0.337 e. The predicted octanol–water partition coefficient (Wildman–Crippen LogP) is 5.07. The molecule has 3 heterocycles. The normalized spacial score (nSPS) is 15.0. The summed E-state index contributed by atoms with van der Waals surface area (Å²) in [6.45, 7) is 4.33. The van der Waals surface area contributed by atoms with Gasteiger partial charge in [-0.1, -0.05) is 53.0 Å². The standard InChI is InChI=1S/C22H19Cl3N6/c23-17-3-1-2-16(13-17)20-6-7-26-21-27-22(28-31(20)21)30-10-8-29(9-11-30)14-15-4-5-18(24)19(25)12-15/h1-7,12-13H,8-11,14H2. The highest BCUT2D eigenvalue weighted by Crippen LogP contribution is 2.25. The third kappa shape index (κ3) is 4.34. The smallest absolute Gasteiger partial charge is 0.254 e. The Kier molecular flexibility index (Phi) is 5.71. The van der Waals surface area contributed by atoms with E-state index >= 15 is 0 Å². The fourth-order valence-corrected chi connectivity index (χ4v) is 4.30. The average Bonchev–Trinajstić information content (AvgIpc) is 3.21. The van der Waals surface area contributed by atoms with E-state index in [-0.39, 0.29) is 0 Å². The highest BCUT2D eigenvalue weighted by molar-refractivity contribution is 6.42. The van der Waals surface area contributed by atoms with Gasteiger partial charge >= 0.3 is 0 Å². The number of piperazine rings is 1. The first-order chi connectivity index (χ1) is 15.1. The van der Waals surface area contributed by atoms with Gasteiger partial charge in [-0.3, -0.25) is 4.90 Å². The number of hydrogen-bond acceptors (Lipinski definition) is 5. The lowest BCUT2D eigenvalue weighted by Gasteiger charge is -2.34. The number of benzene rings is 2. The molecule has 6 nitrogen and oxygen atoms in total. The summed E-state index contributed by atoms with van der Waals surface area (Å²) in [5.41, 5.74) is 3.04. The molecule has 0 saturated carbocycles. The molecule has 0 spiro atoms. The van der Waals surface area contributed by atoms with Crippen LogP contribution in [-0.4, -0.2) is 50.7 Å². The van der Waals surface area contributed by atoms with Crippen LogP contribution in [0.4, 0.5) is 5.95 Å². The zero-order valence-electron chi connectivity index (χ0n) is 16.5. The van der Waals surface area contributed by atoms with Crippen molar-refractivity contribution in [3.63, 3.8) is 0 Å². The Labute approximate surface area is 195 Å². The minimum atomic E-state index is 0.575. The van der Waals surface area contributed by atoms with E-state index in [0.29, 0.717) is 26.8 Å². The van der Waals surface area contributed by atoms with Gasteiger partial charge in [-0.25, -0.2) is 4.98 Å². The van der Waals surface area contributed by atoms with Gasteiger partial charge in [0.25, 0.3) is 5.78 Å². The predicted molar refractivity (Wildman–Crippen MR) is 125 cm³/mol. The van der Waals surface area contributed by atoms with Crippen molar-refractivity contribution in [1.82, 2.24) is 24.5 Å². The molecule has 0 bridgehead atoms. The molecule has 158 valence electrons. The van der Waals surface area contributed by atoms with E-state index in [2.05, 4.69) is 19.8 Å². The van der Waals surface area contributed by atoms with Gasteiger partial charge in [-0.05, 0) is 35.9 Å². The van der Waals surface area contributed by atoms with Crippen LogP contribution >= 0.6 is 34.8 Å². The number of fused-ring (bicyclic) bond motifs is 1. The molecule has 0 unspecified atom stereocenters. The fraction of sp³-hybridized carbons (Fsp3) is 0.227. The van der Waals surface area contributed by atoms with Crippen LogP contribution in [0.25, 0.3) is 17.0 Å². The fourth-order valence-electron chi connectivity index (χ4n) is 3.79. The number of hydrogen-bond donors (Lipinski definition) is 0. The van der Waals surface area contributed by atoms with E-state index in [1.165, 1.54) is 0 Å². The average molecular weight is 474 g/mol. The topological polar surface area (TPSA) is 49.6 Å². The number of aromatic nitrogens is 4. The molecule has 1 saturated heterocycles. The summed E-state index contributed by atoms with van der Waals surface area (Å²) in [6.07, 6.45) is 1.75. The van der Waals surface area contributed by atoms with E-state index < -0.39 is 0 Å². The van der Waals surface area contributed by atoms with Crippen molar-refractivity contribution >= 4 is 46.5 Å². The maximum absolute atomic E-state index is 6.17. The van der Waals surface area contributed by atoms with Crippen molar-refractivity contribution in [3.8, 4) is 11.3 Å². The van der Waals surface area contributed by atoms with E-state index in [0.717, 1.165) is 49.5 Å². The third-order valence-electron chi connectivity index (χ3n) is 5.40. The summed E-state index contributed by atoms with van der Waals surface area (Å²) in [6, 6.07) is 15.4. The number of anilines is 1. The van der Waals surface area contributed by atoms with Gasteiger partial charge in [0.15, 0.2) is 0 Å². The Balaban J connectivity index is 1.32. The molecule has 9 heteroatoms. The van der Waals surface area contributed by atoms with Crippen molar-refractivity contribution in [2.24, 2.45) is 0 Å². The zero-order chi connectivity index (χ0) is 21.4. The van der Waals surface area contributed by atoms with Gasteiger partial charge in [0.2, 0.25) is 5.95 Å². The van der Waals surface area contributed by atoms with Crippen LogP contribution in [0.15, 0.2) is 54.7 Å². The molecular weight excluding hydrogens is 455 g/mol. The van der Waals surface area contributed by atoms with Crippen molar-refractivity contribution in [1.29, 1.82) is 0 Å². The lowest BCUT2D eigenvalue weighted by molar-refractivity contribution is 0.249. The monoisotopic (exact) mass is 472 g/mol. The maximum atomic E-state index is 6.17. The minimum Gasteiger partial charge on any atom is -0.337 e. The molecule has 1 fully saturated rings. The summed E-state index contributed by atoms with van der Waals surface area (Å²) >= 11 is 18.3. The quantitative estimate of drug-likeness (QED) is 0.414. The molecule has 31 heavy (non-hydrogen) atoms. The molecule has 0 aliphatic carbocycles. The lowest BCUT2D eigenvalue weighted by Crippen LogP contribution is -2.46. The Morgan fingerprint density at radius 1 is 0.871 bits per heavy atom. The highest BCUT2D eigenvalue weighted by atomic mass is 35.5. The Morgan fingerprint density at radius 2 is 1.71 bits per heavy atom. The van der Waals surface area contributed by atoms with Gasteiger partial charge < -0.3 is 4.90 Å². The molecule has 0 amide bonds. The molecule has 1 aliphatic rings. The van der Waals surface area contributed by atoms with Crippen LogP contribution in [0.5, 0.6) is 0 Å². The summed E-state index contributed by atoms with van der Waals surface area (Å²) in [7, 11) is 0. The van der Waals surface area contributed by atoms with Crippen LogP contribution in [0.1, 0.15) is 5.56 Å². The highest BCUT2D eigenvalue weighted by Gasteiger charge is 2.21. The Bertz CT molecular complexity index is 1230. The van der Waals surface area contributed by atoms with E-state index in [9.17, 15) is 0 Å². The summed E-state index contributed by atoms with van der Waals surface area (Å²) in [5.74, 6) is 1.27. The van der Waals surface area contributed by atoms with Crippen molar-refractivity contribution in [3.05, 3.63) is 75.4 Å². The summed E-state index contributed by atoms with van der Waals surface area (Å²) in [5, 5.41) is 6.60. The van der Waals surface area contributed by atoms with E-state index in [1.807, 2.05) is 48.5 Å². The summed E-state index contributed by atoms with van der Waals surface area (Å²) in [4.78, 5) is 13.6. The second-order valence-corrected chi connectivity index (χ2v) is 8.73. The molecule has 0 N–H and O–H groups in total. The van der Waals surface area contributed by atoms with Gasteiger partial charge in [-0.15, -0.1) is 5.10 Å². The van der Waals surface area contributed by atoms with Crippen LogP contribution in [0, 0.1) is 0 Å². The maximum Gasteiger partial charge on any atom is 0.254 e. The van der Waals surface area contributed by atoms with Crippen molar-refractivity contribution in [2.45, 2.75) is 6.54 Å². The van der Waals surface area contributed by atoms with Crippen LogP contribution < -0.4 is 4.90 Å². The molecular formula is C22H19Cl3N6. The van der Waals surface area contributed by atoms with Crippen LogP contribution in [-0.2, 0) is 6.54 Å². The number of nitrogens with zero attached hydrogens (tertiary/aromatic N) is 6. The SMILES string of the molecule is Clc1cccc(-c2ccnc3nc(N4CCN(Cc5ccc(Cl)c(Cl)c5)CC4)nn23)c1. The van der Waals surface area contributed by atoms with E-state index in [4.69, 9.17) is 39.9 Å². The lowest BCUT2D eigenvalue weighted by atomic mass is 10.1. The van der Waals surface area contributed by atoms with Crippen molar-refractivity contribution < 1.29 is 0 Å². The van der Waals surface area contributed by atoms with Gasteiger partial charge in [0, 0.05) is 49.5 Å². The molecule has 1 aliphatic heterocycles. The first-order valence-electron chi connectivity index (χ1n) is 9.96. The molecule has 0 atom stereocenters. The van der Waals surface area contributed by atoms with Gasteiger partial charge in [-0.2, -0.15) is 9.50 Å². The molecule has 4 aromatic rings. The number of halogens is 3. The minimum absolute atomic E-state index is 0.575. The second-order valence-electron chi connectivity index (χ2n) is 7.48. The first-order valence-corrected chi connectivity index (χ1v) is 11.1. The molecule has 0 radical (unpaired) electrons. The Hall–Kier alpha value is -2.38. The van der Waals surface area contributed by atoms with E-state index in [1.54, 1.807) is 10.7 Å².